The molecule has 2 nitrogen and oxygen atoms in total. The lowest BCUT2D eigenvalue weighted by Crippen LogP contribution is -2.17. The minimum absolute atomic E-state index is 0.0698. The van der Waals surface area contributed by atoms with Gasteiger partial charge in [0.05, 0.1) is 10.7 Å². The molecule has 1 aliphatic rings. The first-order chi connectivity index (χ1) is 11.4. The average Bonchev–Trinajstić information content (AvgIpc) is 2.91. The summed E-state index contributed by atoms with van der Waals surface area (Å²) in [6.45, 7) is 2.87. The predicted octanol–water partition coefficient (Wildman–Crippen LogP) is 6.17. The molecular weight excluding hydrogens is 385 g/mol. The third-order valence-corrected chi connectivity index (χ3v) is 5.47. The zero-order chi connectivity index (χ0) is 17.3. The Morgan fingerprint density at radius 3 is 2.42 bits per heavy atom. The quantitative estimate of drug-likeness (QED) is 0.350. The molecule has 2 aromatic carbocycles. The Balaban J connectivity index is 1.85. The number of fused-ring (bicyclic) bond motifs is 1. The molecule has 0 radical (unpaired) electrons. The van der Waals surface area contributed by atoms with Crippen molar-refractivity contribution in [2.45, 2.75) is 15.6 Å². The Labute approximate surface area is 160 Å². The lowest BCUT2D eigenvalue weighted by Gasteiger charge is -2.17. The number of benzene rings is 2. The number of para-hydroxylation sites is 1. The number of thioether (sulfide) groups is 1. The highest BCUT2D eigenvalue weighted by Gasteiger charge is 2.25. The van der Waals surface area contributed by atoms with Crippen molar-refractivity contribution in [2.24, 2.45) is 0 Å². The number of carbonyl (C=O) groups excluding carboxylic acids is 1. The first-order valence-corrected chi connectivity index (χ1v) is 9.33. The summed E-state index contributed by atoms with van der Waals surface area (Å²) < 4.78 is -1.48. The number of hydrogen-bond acceptors (Lipinski definition) is 3. The maximum atomic E-state index is 12.6. The van der Waals surface area contributed by atoms with E-state index in [0.29, 0.717) is 11.1 Å². The van der Waals surface area contributed by atoms with E-state index >= 15 is 0 Å². The van der Waals surface area contributed by atoms with Gasteiger partial charge in [0, 0.05) is 28.6 Å². The van der Waals surface area contributed by atoms with Crippen LogP contribution in [-0.2, 0) is 3.79 Å². The summed E-state index contributed by atoms with van der Waals surface area (Å²) in [5, 5.41) is 0.925. The van der Waals surface area contributed by atoms with E-state index in [4.69, 9.17) is 34.8 Å². The second-order valence-corrected chi connectivity index (χ2v) is 8.58. The van der Waals surface area contributed by atoms with E-state index in [0.717, 1.165) is 22.2 Å². The fourth-order valence-corrected chi connectivity index (χ4v) is 4.04. The highest BCUT2D eigenvalue weighted by Crippen LogP contribution is 2.45. The molecule has 0 aliphatic carbocycles. The molecule has 0 fully saturated rings. The number of anilines is 1. The van der Waals surface area contributed by atoms with Crippen molar-refractivity contribution in [3.8, 4) is 0 Å². The topological polar surface area (TPSA) is 20.3 Å². The summed E-state index contributed by atoms with van der Waals surface area (Å²) in [5.74, 6) is -0.0698. The number of halogens is 3. The molecule has 0 saturated heterocycles. The van der Waals surface area contributed by atoms with E-state index in [1.54, 1.807) is 42.1 Å². The third-order valence-electron chi connectivity index (χ3n) is 3.70. The van der Waals surface area contributed by atoms with E-state index < -0.39 is 3.79 Å². The van der Waals surface area contributed by atoms with Crippen molar-refractivity contribution >= 4 is 58.0 Å². The normalized spacial score (nSPS) is 15.7. The van der Waals surface area contributed by atoms with Crippen molar-refractivity contribution in [1.29, 1.82) is 0 Å². The van der Waals surface area contributed by atoms with Gasteiger partial charge in [-0.15, -0.1) is 0 Å². The van der Waals surface area contributed by atoms with Gasteiger partial charge >= 0.3 is 0 Å². The van der Waals surface area contributed by atoms with Gasteiger partial charge < -0.3 is 4.90 Å². The standard InChI is InChI=1S/C18H14Cl3NOS/c1-2-22-14-5-3-4-6-16(14)24-17(22)11-15(23)12-7-9-13(10-8-12)18(19,20)21/h3-11H,2H2,1H3. The number of alkyl halides is 3. The average molecular weight is 399 g/mol. The van der Waals surface area contributed by atoms with Gasteiger partial charge in [-0.05, 0) is 19.1 Å². The number of nitrogens with zero attached hydrogens (tertiary/aromatic N) is 1. The maximum absolute atomic E-state index is 12.6. The molecule has 0 amide bonds. The lowest BCUT2D eigenvalue weighted by molar-refractivity contribution is 0.104. The van der Waals surface area contributed by atoms with E-state index in [2.05, 4.69) is 24.0 Å². The highest BCUT2D eigenvalue weighted by molar-refractivity contribution is 8.03. The second-order valence-electron chi connectivity index (χ2n) is 5.24. The first kappa shape index (κ1) is 17.7. The van der Waals surface area contributed by atoms with Gasteiger partial charge in [-0.25, -0.2) is 0 Å². The third kappa shape index (κ3) is 3.60. The van der Waals surface area contributed by atoms with Crippen LogP contribution in [0.3, 0.4) is 0 Å². The van der Waals surface area contributed by atoms with Crippen molar-refractivity contribution in [3.05, 3.63) is 70.8 Å². The molecule has 0 spiro atoms. The Bertz CT molecular complexity index is 797. The van der Waals surface area contributed by atoms with Crippen LogP contribution in [0.5, 0.6) is 0 Å². The molecule has 0 bridgehead atoms. The largest absolute Gasteiger partial charge is 0.335 e. The molecule has 3 rings (SSSR count). The monoisotopic (exact) mass is 397 g/mol. The summed E-state index contributed by atoms with van der Waals surface area (Å²) >= 11 is 19.1. The fraction of sp³-hybridized carbons (Fsp3) is 0.167. The smallest absolute Gasteiger partial charge is 0.216 e. The second kappa shape index (κ2) is 7.01. The van der Waals surface area contributed by atoms with Crippen LogP contribution in [0.15, 0.2) is 64.5 Å². The molecule has 1 heterocycles. The van der Waals surface area contributed by atoms with Crippen LogP contribution < -0.4 is 4.90 Å². The van der Waals surface area contributed by atoms with Crippen LogP contribution in [0.25, 0.3) is 0 Å². The van der Waals surface area contributed by atoms with Crippen molar-refractivity contribution < 1.29 is 4.79 Å². The van der Waals surface area contributed by atoms with E-state index in [-0.39, 0.29) is 5.78 Å². The van der Waals surface area contributed by atoms with E-state index in [1.807, 2.05) is 12.1 Å². The van der Waals surface area contributed by atoms with Gasteiger partial charge in [0.15, 0.2) is 5.78 Å². The van der Waals surface area contributed by atoms with Crippen LogP contribution in [0.2, 0.25) is 0 Å². The highest BCUT2D eigenvalue weighted by atomic mass is 35.6. The molecule has 124 valence electrons. The van der Waals surface area contributed by atoms with Gasteiger partial charge in [0.2, 0.25) is 3.79 Å². The number of rotatable bonds is 3. The molecule has 0 atom stereocenters. The van der Waals surface area contributed by atoms with Crippen LogP contribution in [0.4, 0.5) is 5.69 Å². The zero-order valence-electron chi connectivity index (χ0n) is 12.8. The number of allylic oxidation sites excluding steroid dienone is 1. The summed E-state index contributed by atoms with van der Waals surface area (Å²) in [6, 6.07) is 14.8. The van der Waals surface area contributed by atoms with Crippen molar-refractivity contribution in [1.82, 2.24) is 0 Å². The van der Waals surface area contributed by atoms with Gasteiger partial charge in [-0.2, -0.15) is 0 Å². The molecule has 0 unspecified atom stereocenters. The summed E-state index contributed by atoms with van der Waals surface area (Å²) in [6.07, 6.45) is 1.67. The maximum Gasteiger partial charge on any atom is 0.216 e. The van der Waals surface area contributed by atoms with Crippen LogP contribution in [0, 0.1) is 0 Å². The van der Waals surface area contributed by atoms with Crippen LogP contribution in [-0.4, -0.2) is 12.3 Å². The van der Waals surface area contributed by atoms with Crippen molar-refractivity contribution in [2.75, 3.05) is 11.4 Å². The molecular formula is C18H14Cl3NOS. The Kier molecular flexibility index (Phi) is 5.16. The zero-order valence-corrected chi connectivity index (χ0v) is 15.9. The van der Waals surface area contributed by atoms with Gasteiger partial charge in [0.1, 0.15) is 0 Å². The predicted molar refractivity (Wildman–Crippen MR) is 103 cm³/mol. The van der Waals surface area contributed by atoms with Gasteiger partial charge in [-0.1, -0.05) is 83.0 Å². The number of carbonyl (C=O) groups is 1. The molecule has 0 aromatic heterocycles. The van der Waals surface area contributed by atoms with Crippen molar-refractivity contribution in [3.63, 3.8) is 0 Å². The number of hydrogen-bond donors (Lipinski definition) is 0. The summed E-state index contributed by atoms with van der Waals surface area (Å²) in [7, 11) is 0. The lowest BCUT2D eigenvalue weighted by atomic mass is 10.1. The fourth-order valence-electron chi connectivity index (χ4n) is 2.51. The van der Waals surface area contributed by atoms with E-state index in [9.17, 15) is 4.79 Å². The molecule has 1 aliphatic heterocycles. The molecule has 6 heteroatoms. The molecule has 0 saturated carbocycles. The Morgan fingerprint density at radius 2 is 1.79 bits per heavy atom. The molecule has 0 N–H and O–H groups in total. The van der Waals surface area contributed by atoms with Gasteiger partial charge in [0.25, 0.3) is 0 Å². The van der Waals surface area contributed by atoms with Gasteiger partial charge in [-0.3, -0.25) is 4.79 Å². The summed E-state index contributed by atoms with van der Waals surface area (Å²) in [4.78, 5) is 15.8. The minimum atomic E-state index is -1.48. The number of ketones is 1. The van der Waals surface area contributed by atoms with Crippen LogP contribution >= 0.6 is 46.6 Å². The summed E-state index contributed by atoms with van der Waals surface area (Å²) in [5.41, 5.74) is 2.23. The van der Waals surface area contributed by atoms with E-state index in [1.165, 1.54) is 0 Å². The molecule has 24 heavy (non-hydrogen) atoms. The molecule has 2 aromatic rings. The first-order valence-electron chi connectivity index (χ1n) is 7.38. The Hall–Kier alpha value is -1.13. The Morgan fingerprint density at radius 1 is 1.12 bits per heavy atom. The van der Waals surface area contributed by atoms with Crippen LogP contribution in [0.1, 0.15) is 22.8 Å². The SMILES string of the molecule is CCN1C(=CC(=O)c2ccc(C(Cl)(Cl)Cl)cc2)Sc2ccccc21. The minimum Gasteiger partial charge on any atom is -0.335 e.